The summed E-state index contributed by atoms with van der Waals surface area (Å²) < 4.78 is 88.4. The molecule has 2 heterocycles. The first kappa shape index (κ1) is 32.4. The molecule has 0 bridgehead atoms. The molecule has 0 spiro atoms. The average molecular weight is 840 g/mol. The van der Waals surface area contributed by atoms with Gasteiger partial charge in [0.25, 0.3) is 0 Å². The summed E-state index contributed by atoms with van der Waals surface area (Å²) in [5.41, 5.74) is 7.35. The van der Waals surface area contributed by atoms with Crippen LogP contribution in [0.2, 0.25) is 0 Å². The molecule has 0 saturated heterocycles. The van der Waals surface area contributed by atoms with Gasteiger partial charge in [-0.05, 0) is 122 Å². The van der Waals surface area contributed by atoms with E-state index in [1.54, 1.807) is 0 Å². The summed E-state index contributed by atoms with van der Waals surface area (Å²) in [6.45, 7) is 22.5. The summed E-state index contributed by atoms with van der Waals surface area (Å²) in [6.07, 6.45) is -0.565. The van der Waals surface area contributed by atoms with Crippen LogP contribution in [0, 0.1) is 6.85 Å². The number of nitrogens with zero attached hydrogens (tertiary/aromatic N) is 3. The average Bonchev–Trinajstić information content (AvgIpc) is 3.68. The second-order valence-corrected chi connectivity index (χ2v) is 20.7. The third-order valence-electron chi connectivity index (χ3n) is 11.7. The van der Waals surface area contributed by atoms with Crippen molar-refractivity contribution in [1.29, 1.82) is 0 Å². The smallest absolute Gasteiger partial charge is 0.149 e. The van der Waals surface area contributed by atoms with Gasteiger partial charge in [0.1, 0.15) is 11.6 Å². The van der Waals surface area contributed by atoms with Crippen LogP contribution in [0.1, 0.15) is 125 Å². The van der Waals surface area contributed by atoms with E-state index in [0.29, 0.717) is 28.0 Å². The number of benzene rings is 6. The maximum atomic E-state index is 12.6. The van der Waals surface area contributed by atoms with Gasteiger partial charge in [0.05, 0.1) is 31.9 Å². The molecule has 0 amide bonds. The Labute approximate surface area is 389 Å². The van der Waals surface area contributed by atoms with Crippen molar-refractivity contribution in [3.8, 4) is 67.5 Å². The lowest BCUT2D eigenvalue weighted by molar-refractivity contribution is 0.446. The Balaban J connectivity index is 1.48. The molecule has 320 valence electrons. The Kier molecular flexibility index (Phi) is 8.14. The van der Waals surface area contributed by atoms with E-state index in [1.165, 1.54) is 0 Å². The molecule has 2 aromatic heterocycles. The van der Waals surface area contributed by atoms with Gasteiger partial charge in [0, 0.05) is 32.7 Å². The van der Waals surface area contributed by atoms with Gasteiger partial charge in [-0.3, -0.25) is 9.55 Å². The molecule has 8 rings (SSSR count). The summed E-state index contributed by atoms with van der Waals surface area (Å²) >= 11 is 0. The van der Waals surface area contributed by atoms with E-state index in [9.17, 15) is 6.48 Å². The van der Waals surface area contributed by atoms with Gasteiger partial charge in [0.15, 0.2) is 0 Å². The van der Waals surface area contributed by atoms with Crippen LogP contribution >= 0.6 is 0 Å². The number of hydrogen-bond acceptors (Lipinski definition) is 3. The molecule has 4 nitrogen and oxygen atoms in total. The molecule has 0 radical (unpaired) electrons. The molecule has 63 heavy (non-hydrogen) atoms. The van der Waals surface area contributed by atoms with Crippen molar-refractivity contribution < 1.29 is 18.8 Å². The third-order valence-corrected chi connectivity index (χ3v) is 11.7. The number of phenolic OH excluding ortho intramolecular Hbond substituents is 1. The number of pyridine rings is 1. The zero-order valence-corrected chi connectivity index (χ0v) is 38.5. The minimum Gasteiger partial charge on any atom is -0.507 e. The largest absolute Gasteiger partial charge is 0.507 e. The van der Waals surface area contributed by atoms with Gasteiger partial charge in [0.2, 0.25) is 0 Å². The van der Waals surface area contributed by atoms with Gasteiger partial charge in [-0.15, -0.1) is 0 Å². The summed E-state index contributed by atoms with van der Waals surface area (Å²) in [4.78, 5) is 10.0. The Morgan fingerprint density at radius 2 is 1.17 bits per heavy atom. The second kappa shape index (κ2) is 15.8. The van der Waals surface area contributed by atoms with E-state index in [4.69, 9.17) is 17.3 Å². The van der Waals surface area contributed by atoms with Crippen molar-refractivity contribution in [1.82, 2.24) is 14.5 Å². The maximum absolute atomic E-state index is 12.6. The summed E-state index contributed by atoms with van der Waals surface area (Å²) in [6, 6.07) is 28.6. The quantitative estimate of drug-likeness (QED) is 0.181. The van der Waals surface area contributed by atoms with E-state index in [-0.39, 0.29) is 27.8 Å². The van der Waals surface area contributed by atoms with Crippen molar-refractivity contribution in [3.05, 3.63) is 167 Å². The van der Waals surface area contributed by atoms with Crippen LogP contribution in [0.5, 0.6) is 5.75 Å². The lowest BCUT2D eigenvalue weighted by Crippen LogP contribution is -2.17. The Bertz CT molecular complexity index is 3480. The standard InChI is InChI=1S/C59H63N3O/c1-37-22-24-39(25-23-37)40-26-27-60-51(33-40)43-28-42(30-44(31-43)56(2,3)4)48-20-17-21-52-53(48)61-55(49-35-46(58(8,9)10)36-50(54(49)63)59(11,12)13)62(52)47-32-41(38-18-15-14-16-19-38)29-45(34-47)57(5,6)7/h14-36,63H,1-13H3/i1D3,22D,23D,24D,25D,26D,27D,33D. The van der Waals surface area contributed by atoms with Crippen molar-refractivity contribution in [2.75, 3.05) is 0 Å². The Hall–Kier alpha value is -6.26. The van der Waals surface area contributed by atoms with Crippen molar-refractivity contribution in [2.45, 2.75) is 112 Å². The lowest BCUT2D eigenvalue weighted by atomic mass is 9.79. The molecule has 0 fully saturated rings. The first-order chi connectivity index (χ1) is 33.7. The van der Waals surface area contributed by atoms with Crippen LogP contribution in [0.3, 0.4) is 0 Å². The number of fused-ring (bicyclic) bond motifs is 1. The van der Waals surface area contributed by atoms with E-state index in [1.807, 2.05) is 75.4 Å². The number of imidazole rings is 1. The minimum absolute atomic E-state index is 0.0374. The molecule has 0 aliphatic rings. The zero-order chi connectivity index (χ0) is 53.8. The normalized spacial score (nSPS) is 15.0. The fourth-order valence-corrected chi connectivity index (χ4v) is 7.92. The molecule has 0 unspecified atom stereocenters. The molecule has 4 heteroatoms. The Morgan fingerprint density at radius 3 is 1.83 bits per heavy atom. The second-order valence-electron chi connectivity index (χ2n) is 20.7. The molecule has 1 N–H and O–H groups in total. The highest BCUT2D eigenvalue weighted by Gasteiger charge is 2.29. The topological polar surface area (TPSA) is 50.9 Å². The summed E-state index contributed by atoms with van der Waals surface area (Å²) in [5, 5.41) is 12.6. The molecule has 8 aromatic rings. The van der Waals surface area contributed by atoms with Crippen LogP contribution in [0.15, 0.2) is 139 Å². The third kappa shape index (κ3) is 8.74. The van der Waals surface area contributed by atoms with Crippen LogP contribution in [-0.4, -0.2) is 19.6 Å². The molecule has 0 aliphatic heterocycles. The van der Waals surface area contributed by atoms with Crippen LogP contribution in [0.4, 0.5) is 0 Å². The first-order valence-corrected chi connectivity index (χ1v) is 21.6. The molecule has 6 aromatic carbocycles. The van der Waals surface area contributed by atoms with Gasteiger partial charge in [-0.25, -0.2) is 4.98 Å². The highest BCUT2D eigenvalue weighted by molar-refractivity contribution is 5.97. The number of aromatic nitrogens is 3. The monoisotopic (exact) mass is 840 g/mol. The molecule has 0 atom stereocenters. The Morgan fingerprint density at radius 1 is 0.540 bits per heavy atom. The minimum atomic E-state index is -2.97. The highest BCUT2D eigenvalue weighted by atomic mass is 16.3. The van der Waals surface area contributed by atoms with Crippen LogP contribution < -0.4 is 0 Å². The maximum Gasteiger partial charge on any atom is 0.149 e. The fraction of sp³-hybridized carbons (Fsp3) is 0.288. The van der Waals surface area contributed by atoms with Crippen molar-refractivity contribution in [3.63, 3.8) is 0 Å². The van der Waals surface area contributed by atoms with E-state index < -0.39 is 71.2 Å². The number of phenols is 1. The molecule has 0 aliphatic carbocycles. The van der Waals surface area contributed by atoms with E-state index in [0.717, 1.165) is 50.1 Å². The van der Waals surface area contributed by atoms with E-state index in [2.05, 4.69) is 114 Å². The predicted octanol–water partition coefficient (Wildman–Crippen LogP) is 16.0. The molecule has 0 saturated carbocycles. The summed E-state index contributed by atoms with van der Waals surface area (Å²) in [5.74, 6) is 0.664. The summed E-state index contributed by atoms with van der Waals surface area (Å²) in [7, 11) is 0. The number of aromatic hydroxyl groups is 1. The number of para-hydroxylation sites is 1. The SMILES string of the molecule is [2H]c1nc(-c2cc(-c3cccc4c3nc(-c3cc(C(C)(C)C)cc(C(C)(C)C)c3O)n4-c3cc(-c4ccccc4)cc(C(C)(C)C)c3)cc(C(C)(C)C)c2)c([2H])c(-c2c([2H])c([2H])c(C([2H])([2H])[2H])c([2H])c2[2H])c1[2H]. The van der Waals surface area contributed by atoms with Gasteiger partial charge >= 0.3 is 0 Å². The van der Waals surface area contributed by atoms with Gasteiger partial charge < -0.3 is 5.11 Å². The van der Waals surface area contributed by atoms with Gasteiger partial charge in [-0.1, -0.05) is 173 Å². The number of hydrogen-bond donors (Lipinski definition) is 1. The molecular weight excluding hydrogens is 767 g/mol. The van der Waals surface area contributed by atoms with Crippen molar-refractivity contribution in [2.24, 2.45) is 0 Å². The lowest BCUT2D eigenvalue weighted by Gasteiger charge is -2.28. The van der Waals surface area contributed by atoms with Crippen molar-refractivity contribution >= 4 is 11.0 Å². The first-order valence-electron chi connectivity index (χ1n) is 26.6. The number of rotatable bonds is 6. The molecular formula is C59H63N3O. The van der Waals surface area contributed by atoms with E-state index >= 15 is 0 Å². The highest BCUT2D eigenvalue weighted by Crippen LogP contribution is 2.45. The zero-order valence-electron chi connectivity index (χ0n) is 48.5. The van der Waals surface area contributed by atoms with Crippen LogP contribution in [0.25, 0.3) is 72.7 Å². The predicted molar refractivity (Wildman–Crippen MR) is 267 cm³/mol. The van der Waals surface area contributed by atoms with Crippen LogP contribution in [-0.2, 0) is 21.7 Å². The fourth-order valence-electron chi connectivity index (χ4n) is 7.92. The van der Waals surface area contributed by atoms with Gasteiger partial charge in [-0.2, -0.15) is 0 Å².